The van der Waals surface area contributed by atoms with E-state index in [1.165, 1.54) is 12.2 Å². The molecule has 0 fully saturated rings. The van der Waals surface area contributed by atoms with Crippen molar-refractivity contribution in [1.29, 1.82) is 0 Å². The molecule has 0 aliphatic carbocycles. The first kappa shape index (κ1) is 18.3. The number of rotatable bonds is 11. The summed E-state index contributed by atoms with van der Waals surface area (Å²) < 4.78 is 0. The van der Waals surface area contributed by atoms with Crippen LogP contribution < -0.4 is 22.1 Å². The van der Waals surface area contributed by atoms with Gasteiger partial charge in [0.15, 0.2) is 0 Å². The average molecular weight is 282 g/mol. The van der Waals surface area contributed by atoms with E-state index in [0.29, 0.717) is 19.6 Å². The Bertz CT molecular complexity index is 329. The van der Waals surface area contributed by atoms with Gasteiger partial charge in [0.05, 0.1) is 0 Å². The molecule has 6 heteroatoms. The maximum absolute atomic E-state index is 11.4. The Labute approximate surface area is 120 Å². The van der Waals surface area contributed by atoms with E-state index < -0.39 is 0 Å². The highest BCUT2D eigenvalue weighted by Crippen LogP contribution is 2.02. The lowest BCUT2D eigenvalue weighted by atomic mass is 10.1. The molecule has 0 aliphatic rings. The molecule has 6 nitrogen and oxygen atoms in total. The lowest BCUT2D eigenvalue weighted by molar-refractivity contribution is -0.118. The van der Waals surface area contributed by atoms with Crippen LogP contribution in [-0.4, -0.2) is 37.5 Å². The molecule has 114 valence electrons. The Kier molecular flexibility index (Phi) is 11.4. The zero-order valence-corrected chi connectivity index (χ0v) is 11.9. The molecule has 0 saturated carbocycles. The average Bonchev–Trinajstić information content (AvgIpc) is 2.45. The van der Waals surface area contributed by atoms with Crippen LogP contribution in [0.25, 0.3) is 0 Å². The second-order valence-electron chi connectivity index (χ2n) is 4.45. The number of unbranched alkanes of at least 4 members (excludes halogenated alkanes) is 2. The minimum Gasteiger partial charge on any atom is -0.351 e. The Hall–Kier alpha value is -1.66. The van der Waals surface area contributed by atoms with Crippen molar-refractivity contribution in [3.8, 4) is 0 Å². The Morgan fingerprint density at radius 2 is 1.75 bits per heavy atom. The molecule has 0 aromatic heterocycles. The lowest BCUT2D eigenvalue weighted by Gasteiger charge is -2.06. The Balaban J connectivity index is 3.65. The molecule has 0 spiro atoms. The highest BCUT2D eigenvalue weighted by molar-refractivity contribution is 5.88. The van der Waals surface area contributed by atoms with Crippen molar-refractivity contribution in [3.05, 3.63) is 24.8 Å². The van der Waals surface area contributed by atoms with Gasteiger partial charge < -0.3 is 22.1 Å². The topological polar surface area (TPSA) is 110 Å². The van der Waals surface area contributed by atoms with Crippen LogP contribution in [-0.2, 0) is 9.59 Å². The summed E-state index contributed by atoms with van der Waals surface area (Å²) in [6.07, 6.45) is 8.24. The molecular formula is C14H26N4O2. The third kappa shape index (κ3) is 11.4. The zero-order chi connectivity index (χ0) is 15.2. The van der Waals surface area contributed by atoms with E-state index in [-0.39, 0.29) is 17.9 Å². The SMILES string of the molecule is C=CC(=O)NCCNC(=O)C=CC(N)CCCCCN. The van der Waals surface area contributed by atoms with Crippen LogP contribution in [0.15, 0.2) is 24.8 Å². The van der Waals surface area contributed by atoms with Gasteiger partial charge >= 0.3 is 0 Å². The number of nitrogens with two attached hydrogens (primary N) is 2. The first-order chi connectivity index (χ1) is 9.60. The smallest absolute Gasteiger partial charge is 0.243 e. The van der Waals surface area contributed by atoms with Crippen LogP contribution in [0.3, 0.4) is 0 Å². The van der Waals surface area contributed by atoms with Crippen molar-refractivity contribution >= 4 is 11.8 Å². The van der Waals surface area contributed by atoms with E-state index in [4.69, 9.17) is 11.5 Å². The van der Waals surface area contributed by atoms with Gasteiger partial charge in [-0.3, -0.25) is 9.59 Å². The van der Waals surface area contributed by atoms with Crippen molar-refractivity contribution in [3.63, 3.8) is 0 Å². The number of hydrogen-bond acceptors (Lipinski definition) is 4. The molecule has 6 N–H and O–H groups in total. The van der Waals surface area contributed by atoms with Crippen LogP contribution in [0, 0.1) is 0 Å². The zero-order valence-electron chi connectivity index (χ0n) is 11.9. The molecule has 0 aromatic rings. The molecule has 0 aliphatic heterocycles. The molecule has 0 heterocycles. The summed E-state index contributed by atoms with van der Waals surface area (Å²) in [4.78, 5) is 22.3. The van der Waals surface area contributed by atoms with Crippen LogP contribution in [0.2, 0.25) is 0 Å². The van der Waals surface area contributed by atoms with E-state index in [1.54, 1.807) is 6.08 Å². The minimum absolute atomic E-state index is 0.112. The van der Waals surface area contributed by atoms with E-state index in [0.717, 1.165) is 25.7 Å². The number of hydrogen-bond donors (Lipinski definition) is 4. The summed E-state index contributed by atoms with van der Waals surface area (Å²) in [5, 5.41) is 5.21. The fourth-order valence-electron chi connectivity index (χ4n) is 1.51. The van der Waals surface area contributed by atoms with Crippen LogP contribution in [0.1, 0.15) is 25.7 Å². The van der Waals surface area contributed by atoms with Gasteiger partial charge in [-0.05, 0) is 25.5 Å². The largest absolute Gasteiger partial charge is 0.351 e. The molecule has 0 radical (unpaired) electrons. The van der Waals surface area contributed by atoms with Gasteiger partial charge in [-0.15, -0.1) is 0 Å². The minimum atomic E-state index is -0.255. The third-order valence-corrected chi connectivity index (χ3v) is 2.65. The quantitative estimate of drug-likeness (QED) is 0.311. The van der Waals surface area contributed by atoms with Crippen molar-refractivity contribution in [2.24, 2.45) is 11.5 Å². The van der Waals surface area contributed by atoms with E-state index in [2.05, 4.69) is 17.2 Å². The predicted octanol–water partition coefficient (Wildman–Crippen LogP) is -0.193. The Morgan fingerprint density at radius 1 is 1.10 bits per heavy atom. The lowest BCUT2D eigenvalue weighted by Crippen LogP contribution is -2.33. The third-order valence-electron chi connectivity index (χ3n) is 2.65. The highest BCUT2D eigenvalue weighted by atomic mass is 16.2. The van der Waals surface area contributed by atoms with Crippen LogP contribution in [0.5, 0.6) is 0 Å². The van der Waals surface area contributed by atoms with Crippen LogP contribution >= 0.6 is 0 Å². The molecule has 1 atom stereocenters. The van der Waals surface area contributed by atoms with Crippen LogP contribution in [0.4, 0.5) is 0 Å². The molecule has 0 aromatic carbocycles. The van der Waals surface area contributed by atoms with E-state index >= 15 is 0 Å². The second kappa shape index (κ2) is 12.4. The van der Waals surface area contributed by atoms with Crippen molar-refractivity contribution in [1.82, 2.24) is 10.6 Å². The number of amides is 2. The summed E-state index contributed by atoms with van der Waals surface area (Å²) >= 11 is 0. The number of carbonyl (C=O) groups excluding carboxylic acids is 2. The fraction of sp³-hybridized carbons (Fsp3) is 0.571. The molecule has 0 saturated heterocycles. The highest BCUT2D eigenvalue weighted by Gasteiger charge is 2.00. The first-order valence-electron chi connectivity index (χ1n) is 6.92. The normalized spacial score (nSPS) is 12.1. The number of nitrogens with one attached hydrogen (secondary N) is 2. The van der Waals surface area contributed by atoms with Crippen molar-refractivity contribution in [2.45, 2.75) is 31.7 Å². The Morgan fingerprint density at radius 3 is 2.35 bits per heavy atom. The first-order valence-corrected chi connectivity index (χ1v) is 6.92. The monoisotopic (exact) mass is 282 g/mol. The standard InChI is InChI=1S/C14H26N4O2/c1-2-13(19)17-10-11-18-14(20)8-7-12(16)6-4-3-5-9-15/h2,7-8,12H,1,3-6,9-11,15-16H2,(H,17,19)(H,18,20). The molecular weight excluding hydrogens is 256 g/mol. The second-order valence-corrected chi connectivity index (χ2v) is 4.45. The van der Waals surface area contributed by atoms with Gasteiger partial charge in [-0.2, -0.15) is 0 Å². The summed E-state index contributed by atoms with van der Waals surface area (Å²) in [5.41, 5.74) is 11.3. The summed E-state index contributed by atoms with van der Waals surface area (Å²) in [6, 6.07) is -0.112. The van der Waals surface area contributed by atoms with Crippen molar-refractivity contribution < 1.29 is 9.59 Å². The maximum atomic E-state index is 11.4. The van der Waals surface area contributed by atoms with Gasteiger partial charge in [0.1, 0.15) is 0 Å². The summed E-state index contributed by atoms with van der Waals surface area (Å²) in [5.74, 6) is -0.468. The van der Waals surface area contributed by atoms with Gasteiger partial charge in [0, 0.05) is 25.2 Å². The molecule has 0 rings (SSSR count). The fourth-order valence-corrected chi connectivity index (χ4v) is 1.51. The van der Waals surface area contributed by atoms with Gasteiger partial charge in [-0.25, -0.2) is 0 Å². The summed E-state index contributed by atoms with van der Waals surface area (Å²) in [7, 11) is 0. The van der Waals surface area contributed by atoms with E-state index in [9.17, 15) is 9.59 Å². The van der Waals surface area contributed by atoms with E-state index in [1.807, 2.05) is 0 Å². The van der Waals surface area contributed by atoms with Gasteiger partial charge in [-0.1, -0.05) is 25.5 Å². The molecule has 20 heavy (non-hydrogen) atoms. The number of carbonyl (C=O) groups is 2. The maximum Gasteiger partial charge on any atom is 0.243 e. The van der Waals surface area contributed by atoms with Gasteiger partial charge in [0.2, 0.25) is 11.8 Å². The predicted molar refractivity (Wildman–Crippen MR) is 80.9 cm³/mol. The summed E-state index contributed by atoms with van der Waals surface area (Å²) in [6.45, 7) is 4.77. The molecule has 0 bridgehead atoms. The molecule has 1 unspecified atom stereocenters. The van der Waals surface area contributed by atoms with Gasteiger partial charge in [0.25, 0.3) is 0 Å². The van der Waals surface area contributed by atoms with Crippen molar-refractivity contribution in [2.75, 3.05) is 19.6 Å². The molecule has 2 amide bonds.